The van der Waals surface area contributed by atoms with Crippen LogP contribution in [-0.2, 0) is 29.2 Å². The van der Waals surface area contributed by atoms with Crippen molar-refractivity contribution in [3.8, 4) is 0 Å². The van der Waals surface area contributed by atoms with Gasteiger partial charge in [-0.15, -0.1) is 0 Å². The Morgan fingerprint density at radius 3 is 1.66 bits per heavy atom. The summed E-state index contributed by atoms with van der Waals surface area (Å²) in [5.41, 5.74) is -5.49. The first-order chi connectivity index (χ1) is 14.6. The van der Waals surface area contributed by atoms with Crippen LogP contribution in [0.4, 0.5) is 26.3 Å². The Kier molecular flexibility index (Phi) is 8.12. The highest BCUT2D eigenvalue weighted by Gasteiger charge is 2.76. The molecule has 2 rings (SSSR count). The molecule has 0 radical (unpaired) electrons. The SMILES string of the molecule is O=C(OC1CCCCC1)C1CCCCC1C(=O)OC(CS(=O)(=O)O)(C(F)(F)F)C(F)(F)F. The first kappa shape index (κ1) is 26.7. The monoisotopic (exact) mass is 498 g/mol. The average molecular weight is 498 g/mol. The van der Waals surface area contributed by atoms with E-state index in [1.165, 1.54) is 0 Å². The van der Waals surface area contributed by atoms with Crippen LogP contribution in [0, 0.1) is 11.8 Å². The Morgan fingerprint density at radius 1 is 0.781 bits per heavy atom. The average Bonchev–Trinajstić information content (AvgIpc) is 2.65. The van der Waals surface area contributed by atoms with Gasteiger partial charge in [0.1, 0.15) is 11.9 Å². The van der Waals surface area contributed by atoms with E-state index in [2.05, 4.69) is 4.74 Å². The minimum atomic E-state index is -6.41. The van der Waals surface area contributed by atoms with Crippen LogP contribution in [0.1, 0.15) is 57.8 Å². The summed E-state index contributed by atoms with van der Waals surface area (Å²) in [6, 6.07) is 0. The Bertz CT molecular complexity index is 773. The lowest BCUT2D eigenvalue weighted by molar-refractivity contribution is -0.362. The van der Waals surface area contributed by atoms with Gasteiger partial charge in [0.05, 0.1) is 11.8 Å². The molecule has 2 aliphatic rings. The topological polar surface area (TPSA) is 107 Å². The van der Waals surface area contributed by atoms with E-state index in [0.717, 1.165) is 19.3 Å². The number of alkyl halides is 6. The van der Waals surface area contributed by atoms with Crippen molar-refractivity contribution in [3.63, 3.8) is 0 Å². The van der Waals surface area contributed by atoms with Crippen LogP contribution in [0.3, 0.4) is 0 Å². The summed E-state index contributed by atoms with van der Waals surface area (Å²) in [5, 5.41) is 0. The molecule has 186 valence electrons. The zero-order chi connectivity index (χ0) is 24.4. The molecule has 0 amide bonds. The quantitative estimate of drug-likeness (QED) is 0.336. The molecule has 2 saturated carbocycles. The van der Waals surface area contributed by atoms with Crippen molar-refractivity contribution < 1.29 is 58.4 Å². The summed E-state index contributed by atoms with van der Waals surface area (Å²) in [7, 11) is -5.88. The first-order valence-corrected chi connectivity index (χ1v) is 11.7. The number of hydrogen-bond acceptors (Lipinski definition) is 6. The number of halogens is 6. The molecule has 0 spiro atoms. The van der Waals surface area contributed by atoms with Crippen LogP contribution in [-0.4, -0.2) is 54.7 Å². The summed E-state index contributed by atoms with van der Waals surface area (Å²) < 4.78 is 120. The maximum absolute atomic E-state index is 13.4. The highest BCUT2D eigenvalue weighted by molar-refractivity contribution is 7.85. The summed E-state index contributed by atoms with van der Waals surface area (Å²) in [4.78, 5) is 25.1. The first-order valence-electron chi connectivity index (χ1n) is 10.1. The number of ether oxygens (including phenoxy) is 2. The van der Waals surface area contributed by atoms with Gasteiger partial charge in [0.15, 0.2) is 0 Å². The smallest absolute Gasteiger partial charge is 0.438 e. The lowest BCUT2D eigenvalue weighted by atomic mass is 9.79. The maximum Gasteiger partial charge on any atom is 0.438 e. The van der Waals surface area contributed by atoms with Crippen LogP contribution < -0.4 is 0 Å². The van der Waals surface area contributed by atoms with Crippen molar-refractivity contribution in [1.29, 1.82) is 0 Å². The lowest BCUT2D eigenvalue weighted by Crippen LogP contribution is -2.64. The van der Waals surface area contributed by atoms with Gasteiger partial charge in [0, 0.05) is 0 Å². The second kappa shape index (κ2) is 9.74. The molecular weight excluding hydrogens is 474 g/mol. The molecule has 2 unspecified atom stereocenters. The standard InChI is InChI=1S/C18H24F6O7S/c19-17(20,21)16(18(22,23)24,10-32(27,28)29)31-15(26)13-9-5-4-8-12(13)14(25)30-11-6-2-1-3-7-11/h11-13H,1-10H2,(H,27,28,29). The molecule has 0 heterocycles. The molecule has 14 heteroatoms. The van der Waals surface area contributed by atoms with Crippen molar-refractivity contribution in [1.82, 2.24) is 0 Å². The van der Waals surface area contributed by atoms with Gasteiger partial charge < -0.3 is 9.47 Å². The molecule has 0 aliphatic heterocycles. The maximum atomic E-state index is 13.4. The fourth-order valence-electron chi connectivity index (χ4n) is 4.10. The molecule has 2 fully saturated rings. The molecule has 1 N–H and O–H groups in total. The van der Waals surface area contributed by atoms with Crippen molar-refractivity contribution in [2.75, 3.05) is 5.75 Å². The van der Waals surface area contributed by atoms with E-state index >= 15 is 0 Å². The number of rotatable bonds is 6. The van der Waals surface area contributed by atoms with E-state index in [1.54, 1.807) is 0 Å². The van der Waals surface area contributed by atoms with E-state index in [0.29, 0.717) is 19.3 Å². The highest BCUT2D eigenvalue weighted by Crippen LogP contribution is 2.48. The summed E-state index contributed by atoms with van der Waals surface area (Å²) >= 11 is 0. The van der Waals surface area contributed by atoms with Crippen molar-refractivity contribution in [2.24, 2.45) is 11.8 Å². The molecule has 32 heavy (non-hydrogen) atoms. The third-order valence-electron chi connectivity index (χ3n) is 5.78. The van der Waals surface area contributed by atoms with E-state index in [4.69, 9.17) is 9.29 Å². The van der Waals surface area contributed by atoms with Gasteiger partial charge in [0.2, 0.25) is 0 Å². The van der Waals surface area contributed by atoms with E-state index in [-0.39, 0.29) is 19.3 Å². The van der Waals surface area contributed by atoms with Crippen molar-refractivity contribution >= 4 is 22.1 Å². The van der Waals surface area contributed by atoms with Gasteiger partial charge in [-0.25, -0.2) is 0 Å². The molecular formula is C18H24F6O7S. The van der Waals surface area contributed by atoms with Crippen LogP contribution in [0.25, 0.3) is 0 Å². The van der Waals surface area contributed by atoms with E-state index in [9.17, 15) is 44.3 Å². The van der Waals surface area contributed by atoms with Crippen LogP contribution >= 0.6 is 0 Å². The Labute approximate surface area is 180 Å². The van der Waals surface area contributed by atoms with Gasteiger partial charge in [-0.05, 0) is 38.5 Å². The largest absolute Gasteiger partial charge is 0.462 e. The second-order valence-electron chi connectivity index (χ2n) is 8.16. The van der Waals surface area contributed by atoms with Gasteiger partial charge in [-0.1, -0.05) is 19.3 Å². The molecule has 0 aromatic carbocycles. The normalized spacial score (nSPS) is 24.1. The van der Waals surface area contributed by atoms with Gasteiger partial charge >= 0.3 is 29.9 Å². The van der Waals surface area contributed by atoms with Gasteiger partial charge in [-0.3, -0.25) is 14.1 Å². The van der Waals surface area contributed by atoms with Crippen LogP contribution in [0.5, 0.6) is 0 Å². The summed E-state index contributed by atoms with van der Waals surface area (Å²) in [5.74, 6) is -8.87. The van der Waals surface area contributed by atoms with E-state index < -0.39 is 63.7 Å². The molecule has 0 bridgehead atoms. The highest BCUT2D eigenvalue weighted by atomic mass is 32.2. The number of esters is 2. The third kappa shape index (κ3) is 6.27. The predicted octanol–water partition coefficient (Wildman–Crippen LogP) is 3.96. The summed E-state index contributed by atoms with van der Waals surface area (Å²) in [6.07, 6.45) is -9.23. The van der Waals surface area contributed by atoms with Gasteiger partial charge in [-0.2, -0.15) is 34.8 Å². The molecule has 0 aromatic heterocycles. The molecule has 7 nitrogen and oxygen atoms in total. The zero-order valence-corrected chi connectivity index (χ0v) is 17.7. The fourth-order valence-corrected chi connectivity index (χ4v) is 5.00. The minimum Gasteiger partial charge on any atom is -0.462 e. The fraction of sp³-hybridized carbons (Fsp3) is 0.889. The third-order valence-corrected chi connectivity index (χ3v) is 6.55. The lowest BCUT2D eigenvalue weighted by Gasteiger charge is -2.38. The molecule has 2 aliphatic carbocycles. The zero-order valence-electron chi connectivity index (χ0n) is 16.9. The molecule has 0 aromatic rings. The second-order valence-corrected chi connectivity index (χ2v) is 9.62. The Morgan fingerprint density at radius 2 is 1.22 bits per heavy atom. The summed E-state index contributed by atoms with van der Waals surface area (Å²) in [6.45, 7) is 0. The molecule has 0 saturated heterocycles. The predicted molar refractivity (Wildman–Crippen MR) is 95.8 cm³/mol. The number of hydrogen-bond donors (Lipinski definition) is 1. The Balaban J connectivity index is 2.30. The number of carbonyl (C=O) groups excluding carboxylic acids is 2. The Hall–Kier alpha value is -1.57. The van der Waals surface area contributed by atoms with Crippen molar-refractivity contribution in [2.45, 2.75) is 81.8 Å². The van der Waals surface area contributed by atoms with Gasteiger partial charge in [0.25, 0.3) is 10.1 Å². The minimum absolute atomic E-state index is 0.00530. The van der Waals surface area contributed by atoms with Crippen molar-refractivity contribution in [3.05, 3.63) is 0 Å². The van der Waals surface area contributed by atoms with E-state index in [1.807, 2.05) is 0 Å². The van der Waals surface area contributed by atoms with Crippen LogP contribution in [0.2, 0.25) is 0 Å². The number of carbonyl (C=O) groups is 2. The molecule has 2 atom stereocenters. The van der Waals surface area contributed by atoms with Crippen LogP contribution in [0.15, 0.2) is 0 Å².